The molecule has 0 saturated heterocycles. The van der Waals surface area contributed by atoms with Crippen LogP contribution in [-0.2, 0) is 47.7 Å². The van der Waals surface area contributed by atoms with Crippen LogP contribution in [0.2, 0.25) is 0 Å². The van der Waals surface area contributed by atoms with E-state index in [-0.39, 0.29) is 26.8 Å². The van der Waals surface area contributed by atoms with Crippen molar-refractivity contribution in [3.05, 3.63) is 49.1 Å². The highest BCUT2D eigenvalue weighted by Crippen LogP contribution is 2.46. The Morgan fingerprint density at radius 2 is 0.826 bits per heavy atom. The second kappa shape index (κ2) is 28.0. The molecule has 2 rings (SSSR count). The van der Waals surface area contributed by atoms with Crippen molar-refractivity contribution in [2.45, 2.75) is 58.5 Å². The monoisotopic (exact) mass is 1360 g/mol. The number of rotatable bonds is 24. The molecule has 2 aromatic carbocycles. The zero-order valence-electron chi connectivity index (χ0n) is 36.5. The number of aliphatic hydroxyl groups is 4. The first-order chi connectivity index (χ1) is 32.1. The van der Waals surface area contributed by atoms with Crippen LogP contribution in [0.1, 0.15) is 75.5 Å². The zero-order valence-corrected chi connectivity index (χ0v) is 46.0. The molecule has 0 aliphatic heterocycles. The van der Waals surface area contributed by atoms with Crippen LogP contribution in [0.5, 0.6) is 0 Å². The Labute approximate surface area is 442 Å². The molecule has 0 aliphatic rings. The quantitative estimate of drug-likeness (QED) is 0.0418. The first kappa shape index (κ1) is 61.0. The molecule has 0 fully saturated rings. The lowest BCUT2D eigenvalue weighted by Gasteiger charge is -2.32. The van der Waals surface area contributed by atoms with E-state index in [4.69, 9.17) is 30.4 Å². The van der Waals surface area contributed by atoms with E-state index in [0.29, 0.717) is 9.80 Å². The average molecular weight is 1360 g/mol. The summed E-state index contributed by atoms with van der Waals surface area (Å²) in [4.78, 5) is 131. The number of anilines is 2. The molecule has 30 heteroatoms. The number of ether oxygens (including phenoxy) is 4. The van der Waals surface area contributed by atoms with Crippen molar-refractivity contribution in [3.8, 4) is 0 Å². The van der Waals surface area contributed by atoms with Crippen molar-refractivity contribution in [1.82, 2.24) is 10.6 Å². The maximum Gasteiger partial charge on any atom is 0.303 e. The summed E-state index contributed by atoms with van der Waals surface area (Å²) in [5.74, 6) is -9.89. The van der Waals surface area contributed by atoms with Crippen LogP contribution >= 0.6 is 95.6 Å². The van der Waals surface area contributed by atoms with E-state index >= 15 is 0 Å². The standard InChI is InChI=1S/C39H44Br6N6O18/c1-14(54)66-12-20(68-16(3)56)6-48-38(64)26-28(40)24(36(46)62)30(42)34(32(26)44)50(8-18(58)10-52)22(60)5-23(61)51(9-19(59)11-53)35-31(43)25(37(47)63)29(41)27(33(35)45)39(65)49-7-21(69-17(4)57)13-67-15(2)55/h18-21,52-53,58-59H,5-13H2,1-4H3,(H2,46,62)(H2,47,63)(H,48,64)(H,49,65). The van der Waals surface area contributed by atoms with Crippen molar-refractivity contribution in [3.63, 3.8) is 0 Å². The minimum Gasteiger partial charge on any atom is -0.462 e. The summed E-state index contributed by atoms with van der Waals surface area (Å²) in [6.07, 6.45) is -7.18. The van der Waals surface area contributed by atoms with E-state index in [2.05, 4.69) is 106 Å². The van der Waals surface area contributed by atoms with Crippen molar-refractivity contribution < 1.29 is 87.3 Å². The smallest absolute Gasteiger partial charge is 0.303 e. The van der Waals surface area contributed by atoms with E-state index < -0.39 is 176 Å². The number of hydrogen-bond donors (Lipinski definition) is 8. The van der Waals surface area contributed by atoms with Gasteiger partial charge in [0.15, 0.2) is 12.2 Å². The predicted octanol–water partition coefficient (Wildman–Crippen LogP) is 1.37. The van der Waals surface area contributed by atoms with Crippen molar-refractivity contribution in [2.24, 2.45) is 11.5 Å². The minimum atomic E-state index is -1.76. The second-order valence-electron chi connectivity index (χ2n) is 14.2. The number of primary amides is 2. The van der Waals surface area contributed by atoms with Gasteiger partial charge >= 0.3 is 23.9 Å². The van der Waals surface area contributed by atoms with Gasteiger partial charge in [-0.2, -0.15) is 0 Å². The Hall–Kier alpha value is -4.14. The van der Waals surface area contributed by atoms with E-state index in [9.17, 15) is 68.4 Å². The molecule has 6 amide bonds. The molecule has 10 N–H and O–H groups in total. The maximum atomic E-state index is 14.6. The van der Waals surface area contributed by atoms with Gasteiger partial charge in [-0.25, -0.2) is 0 Å². The number of esters is 4. The van der Waals surface area contributed by atoms with Gasteiger partial charge in [-0.3, -0.25) is 47.9 Å². The molecule has 0 radical (unpaired) electrons. The summed E-state index contributed by atoms with van der Waals surface area (Å²) in [6, 6.07) is 0. The fourth-order valence-corrected chi connectivity index (χ4v) is 12.2. The fraction of sp³-hybridized carbons (Fsp3) is 0.436. The number of nitrogens with two attached hydrogens (primary N) is 2. The normalized spacial score (nSPS) is 12.6. The van der Waals surface area contributed by atoms with Crippen LogP contribution in [0.15, 0.2) is 26.8 Å². The molecule has 2 aromatic rings. The number of amides is 6. The van der Waals surface area contributed by atoms with Gasteiger partial charge in [-0.05, 0) is 95.6 Å². The third kappa shape index (κ3) is 17.0. The van der Waals surface area contributed by atoms with Crippen molar-refractivity contribution in [2.75, 3.05) is 62.4 Å². The van der Waals surface area contributed by atoms with Crippen molar-refractivity contribution >= 4 is 166 Å². The molecule has 380 valence electrons. The van der Waals surface area contributed by atoms with Gasteiger partial charge in [0.05, 0.1) is 103 Å². The molecule has 4 unspecified atom stereocenters. The topological polar surface area (TPSA) is 371 Å². The zero-order chi connectivity index (χ0) is 52.8. The summed E-state index contributed by atoms with van der Waals surface area (Å²) in [5.41, 5.74) is 8.84. The average Bonchev–Trinajstić information content (AvgIpc) is 3.23. The second-order valence-corrected chi connectivity index (χ2v) is 18.9. The Bertz CT molecular complexity index is 2220. The van der Waals surface area contributed by atoms with E-state index in [1.54, 1.807) is 0 Å². The molecule has 0 saturated carbocycles. The number of benzene rings is 2. The van der Waals surface area contributed by atoms with E-state index in [0.717, 1.165) is 27.7 Å². The van der Waals surface area contributed by atoms with Gasteiger partial charge in [0.1, 0.15) is 19.6 Å². The third-order valence-corrected chi connectivity index (χ3v) is 13.5. The lowest BCUT2D eigenvalue weighted by molar-refractivity contribution is -0.155. The largest absolute Gasteiger partial charge is 0.462 e. The molecule has 0 heterocycles. The van der Waals surface area contributed by atoms with Gasteiger partial charge in [0, 0.05) is 36.6 Å². The highest BCUT2D eigenvalue weighted by molar-refractivity contribution is 9.12. The number of carbonyl (C=O) groups is 10. The third-order valence-electron chi connectivity index (χ3n) is 8.78. The number of carbonyl (C=O) groups excluding carboxylic acids is 10. The van der Waals surface area contributed by atoms with Crippen LogP contribution in [0.25, 0.3) is 0 Å². The fourth-order valence-electron chi connectivity index (χ4n) is 5.85. The molecule has 69 heavy (non-hydrogen) atoms. The molecule has 0 bridgehead atoms. The lowest BCUT2D eigenvalue weighted by atomic mass is 10.0. The van der Waals surface area contributed by atoms with Gasteiger partial charge in [0.2, 0.25) is 11.8 Å². The number of nitrogens with one attached hydrogen (secondary N) is 2. The summed E-state index contributed by atoms with van der Waals surface area (Å²) in [5, 5.41) is 46.1. The van der Waals surface area contributed by atoms with Gasteiger partial charge < -0.3 is 71.3 Å². The van der Waals surface area contributed by atoms with Crippen LogP contribution in [0.4, 0.5) is 11.4 Å². The number of aliphatic hydroxyl groups excluding tert-OH is 4. The van der Waals surface area contributed by atoms with E-state index in [1.807, 2.05) is 0 Å². The molecular formula is C39H44Br6N6O18. The molecule has 0 aromatic heterocycles. The van der Waals surface area contributed by atoms with Gasteiger partial charge in [-0.1, -0.05) is 0 Å². The highest BCUT2D eigenvalue weighted by atomic mass is 79.9. The summed E-state index contributed by atoms with van der Waals surface area (Å²) < 4.78 is 18.4. The van der Waals surface area contributed by atoms with Gasteiger partial charge in [0.25, 0.3) is 23.6 Å². The van der Waals surface area contributed by atoms with Gasteiger partial charge in [-0.15, -0.1) is 0 Å². The summed E-state index contributed by atoms with van der Waals surface area (Å²) >= 11 is 19.4. The number of nitrogens with zero attached hydrogens (tertiary/aromatic N) is 2. The number of halogens is 6. The van der Waals surface area contributed by atoms with Crippen LogP contribution in [0.3, 0.4) is 0 Å². The van der Waals surface area contributed by atoms with Crippen LogP contribution in [-0.4, -0.2) is 157 Å². The molecular weight excluding hydrogens is 1320 g/mol. The van der Waals surface area contributed by atoms with Crippen LogP contribution < -0.4 is 31.9 Å². The predicted molar refractivity (Wildman–Crippen MR) is 261 cm³/mol. The van der Waals surface area contributed by atoms with Crippen molar-refractivity contribution in [1.29, 1.82) is 0 Å². The first-order valence-electron chi connectivity index (χ1n) is 19.5. The first-order valence-corrected chi connectivity index (χ1v) is 24.2. The molecule has 0 aliphatic carbocycles. The number of hydrogen-bond acceptors (Lipinski definition) is 18. The SMILES string of the molecule is CC(=O)OCC(CNC(=O)c1c(Br)c(C(N)=O)c(Br)c(N(CC(O)CO)C(=O)CC(=O)N(CC(O)CO)c2c(Br)c(C(N)=O)c(Br)c(C(=O)NCC(COC(C)=O)OC(C)=O)c2Br)c1Br)OC(C)=O. The lowest BCUT2D eigenvalue weighted by Crippen LogP contribution is -2.45. The molecule has 24 nitrogen and oxygen atoms in total. The Morgan fingerprint density at radius 3 is 1.09 bits per heavy atom. The molecule has 0 spiro atoms. The Morgan fingerprint density at radius 1 is 0.522 bits per heavy atom. The van der Waals surface area contributed by atoms with Crippen LogP contribution in [0, 0.1) is 0 Å². The van der Waals surface area contributed by atoms with E-state index in [1.165, 1.54) is 0 Å². The Kier molecular flexibility index (Phi) is 24.8. The molecule has 4 atom stereocenters. The minimum absolute atomic E-state index is 0.254. The summed E-state index contributed by atoms with van der Waals surface area (Å²) in [7, 11) is 0. The maximum absolute atomic E-state index is 14.6. The Balaban J connectivity index is 2.87. The summed E-state index contributed by atoms with van der Waals surface area (Å²) in [6.45, 7) is -1.19. The highest BCUT2D eigenvalue weighted by Gasteiger charge is 2.37.